The van der Waals surface area contributed by atoms with Crippen molar-refractivity contribution < 1.29 is 0 Å². The number of rotatable bonds is 3. The van der Waals surface area contributed by atoms with E-state index in [-0.39, 0.29) is 0 Å². The van der Waals surface area contributed by atoms with Crippen LogP contribution in [0.1, 0.15) is 29.5 Å². The first-order chi connectivity index (χ1) is 6.42. The smallest absolute Gasteiger partial charge is 0.00344 e. The Morgan fingerprint density at radius 1 is 1.23 bits per heavy atom. The Hall–Kier alpha value is -0.300. The van der Waals surface area contributed by atoms with E-state index in [1.54, 1.807) is 16.7 Å². The van der Waals surface area contributed by atoms with Crippen molar-refractivity contribution in [3.63, 3.8) is 0 Å². The predicted molar refractivity (Wildman–Crippen MR) is 60.6 cm³/mol. The number of fused-ring (bicyclic) bond motifs is 1. The van der Waals surface area contributed by atoms with E-state index >= 15 is 0 Å². The van der Waals surface area contributed by atoms with Crippen LogP contribution < -0.4 is 0 Å². The lowest BCUT2D eigenvalue weighted by Gasteiger charge is -2.06. The van der Waals surface area contributed by atoms with Crippen LogP contribution in [-0.4, -0.2) is 5.33 Å². The molecule has 0 radical (unpaired) electrons. The second kappa shape index (κ2) is 4.28. The molecule has 1 heteroatoms. The van der Waals surface area contributed by atoms with Crippen molar-refractivity contribution in [3.05, 3.63) is 34.9 Å². The van der Waals surface area contributed by atoms with Crippen molar-refractivity contribution in [2.75, 3.05) is 5.33 Å². The molecule has 1 aliphatic rings. The van der Waals surface area contributed by atoms with E-state index in [9.17, 15) is 0 Å². The Balaban J connectivity index is 2.20. The monoisotopic (exact) mass is 238 g/mol. The van der Waals surface area contributed by atoms with Crippen molar-refractivity contribution in [3.8, 4) is 0 Å². The van der Waals surface area contributed by atoms with Gasteiger partial charge < -0.3 is 0 Å². The molecular formula is C12H15Br. The molecule has 70 valence electrons. The minimum Gasteiger partial charge on any atom is -0.0928 e. The van der Waals surface area contributed by atoms with Crippen molar-refractivity contribution in [1.82, 2.24) is 0 Å². The standard InChI is InChI=1S/C12H15Br/c13-9-3-7-11-5-1-4-10-6-2-8-12(10)11/h1,4-5H,2-3,6-9H2. The summed E-state index contributed by atoms with van der Waals surface area (Å²) in [5.74, 6) is 0. The predicted octanol–water partition coefficient (Wildman–Crippen LogP) is 3.50. The lowest BCUT2D eigenvalue weighted by molar-refractivity contribution is 0.887. The van der Waals surface area contributed by atoms with Crippen LogP contribution in [0.15, 0.2) is 18.2 Å². The highest BCUT2D eigenvalue weighted by Gasteiger charge is 2.13. The molecule has 0 fully saturated rings. The van der Waals surface area contributed by atoms with Gasteiger partial charge in [0.15, 0.2) is 0 Å². The molecule has 0 spiro atoms. The number of hydrogen-bond acceptors (Lipinski definition) is 0. The zero-order valence-electron chi connectivity index (χ0n) is 7.85. The van der Waals surface area contributed by atoms with E-state index in [2.05, 4.69) is 34.1 Å². The number of alkyl halides is 1. The lowest BCUT2D eigenvalue weighted by Crippen LogP contribution is -1.93. The molecule has 0 N–H and O–H groups in total. The number of halogens is 1. The van der Waals surface area contributed by atoms with Gasteiger partial charge in [0.05, 0.1) is 0 Å². The second-order valence-corrected chi connectivity index (χ2v) is 4.49. The molecule has 1 aromatic carbocycles. The summed E-state index contributed by atoms with van der Waals surface area (Å²) < 4.78 is 0. The Morgan fingerprint density at radius 2 is 2.15 bits per heavy atom. The highest BCUT2D eigenvalue weighted by molar-refractivity contribution is 9.09. The summed E-state index contributed by atoms with van der Waals surface area (Å²) in [5, 5.41) is 1.12. The second-order valence-electron chi connectivity index (χ2n) is 3.70. The zero-order chi connectivity index (χ0) is 9.10. The fourth-order valence-electron chi connectivity index (χ4n) is 2.19. The van der Waals surface area contributed by atoms with Gasteiger partial charge >= 0.3 is 0 Å². The highest BCUT2D eigenvalue weighted by atomic mass is 79.9. The Kier molecular flexibility index (Phi) is 3.05. The van der Waals surface area contributed by atoms with Crippen molar-refractivity contribution in [1.29, 1.82) is 0 Å². The summed E-state index contributed by atoms with van der Waals surface area (Å²) in [6, 6.07) is 6.81. The molecule has 0 saturated heterocycles. The van der Waals surface area contributed by atoms with Gasteiger partial charge in [-0.3, -0.25) is 0 Å². The first kappa shape index (κ1) is 9.26. The summed E-state index contributed by atoms with van der Waals surface area (Å²) in [5.41, 5.74) is 4.85. The number of hydrogen-bond donors (Lipinski definition) is 0. The third-order valence-electron chi connectivity index (χ3n) is 2.82. The van der Waals surface area contributed by atoms with Crippen LogP contribution in [0.2, 0.25) is 0 Å². The molecule has 0 atom stereocenters. The van der Waals surface area contributed by atoms with Crippen LogP contribution in [0, 0.1) is 0 Å². The molecule has 13 heavy (non-hydrogen) atoms. The van der Waals surface area contributed by atoms with Gasteiger partial charge in [-0.15, -0.1) is 0 Å². The minimum absolute atomic E-state index is 1.12. The maximum atomic E-state index is 3.49. The van der Waals surface area contributed by atoms with Gasteiger partial charge in [0.2, 0.25) is 0 Å². The van der Waals surface area contributed by atoms with Gasteiger partial charge in [0.25, 0.3) is 0 Å². The molecule has 0 aromatic heterocycles. The van der Waals surface area contributed by atoms with E-state index in [4.69, 9.17) is 0 Å². The van der Waals surface area contributed by atoms with Gasteiger partial charge in [-0.05, 0) is 48.8 Å². The molecule has 2 rings (SSSR count). The molecule has 0 bridgehead atoms. The van der Waals surface area contributed by atoms with Gasteiger partial charge in [0.1, 0.15) is 0 Å². The first-order valence-electron chi connectivity index (χ1n) is 5.07. The molecule has 1 aliphatic carbocycles. The van der Waals surface area contributed by atoms with Gasteiger partial charge in [-0.1, -0.05) is 34.1 Å². The topological polar surface area (TPSA) is 0 Å². The number of aryl methyl sites for hydroxylation is 2. The van der Waals surface area contributed by atoms with E-state index in [0.29, 0.717) is 0 Å². The summed E-state index contributed by atoms with van der Waals surface area (Å²) in [6.07, 6.45) is 6.48. The van der Waals surface area contributed by atoms with E-state index in [1.165, 1.54) is 32.1 Å². The Morgan fingerprint density at radius 3 is 3.00 bits per heavy atom. The minimum atomic E-state index is 1.12. The highest BCUT2D eigenvalue weighted by Crippen LogP contribution is 2.25. The quantitative estimate of drug-likeness (QED) is 0.708. The first-order valence-corrected chi connectivity index (χ1v) is 6.19. The molecule has 0 aliphatic heterocycles. The normalized spacial score (nSPS) is 14.5. The van der Waals surface area contributed by atoms with Crippen molar-refractivity contribution >= 4 is 15.9 Å². The maximum absolute atomic E-state index is 3.49. The molecule has 1 aromatic rings. The molecule has 0 unspecified atom stereocenters. The van der Waals surface area contributed by atoms with Crippen LogP contribution in [-0.2, 0) is 19.3 Å². The van der Waals surface area contributed by atoms with Crippen molar-refractivity contribution in [2.45, 2.75) is 32.1 Å². The average Bonchev–Trinajstić information content (AvgIpc) is 2.62. The van der Waals surface area contributed by atoms with Crippen LogP contribution >= 0.6 is 15.9 Å². The van der Waals surface area contributed by atoms with Gasteiger partial charge in [-0.2, -0.15) is 0 Å². The van der Waals surface area contributed by atoms with Crippen LogP contribution in [0.3, 0.4) is 0 Å². The molecular weight excluding hydrogens is 224 g/mol. The summed E-state index contributed by atoms with van der Waals surface area (Å²) >= 11 is 3.49. The third kappa shape index (κ3) is 1.96. The summed E-state index contributed by atoms with van der Waals surface area (Å²) in [6.45, 7) is 0. The average molecular weight is 239 g/mol. The Labute approximate surface area is 88.5 Å². The van der Waals surface area contributed by atoms with Crippen molar-refractivity contribution in [2.24, 2.45) is 0 Å². The summed E-state index contributed by atoms with van der Waals surface area (Å²) in [4.78, 5) is 0. The fraction of sp³-hybridized carbons (Fsp3) is 0.500. The maximum Gasteiger partial charge on any atom is 0.00344 e. The van der Waals surface area contributed by atoms with Gasteiger partial charge in [-0.25, -0.2) is 0 Å². The summed E-state index contributed by atoms with van der Waals surface area (Å²) in [7, 11) is 0. The van der Waals surface area contributed by atoms with E-state index in [0.717, 1.165) is 5.33 Å². The fourth-order valence-corrected chi connectivity index (χ4v) is 2.47. The van der Waals surface area contributed by atoms with Crippen LogP contribution in [0.4, 0.5) is 0 Å². The molecule has 0 nitrogen and oxygen atoms in total. The van der Waals surface area contributed by atoms with E-state index < -0.39 is 0 Å². The Bertz CT molecular complexity index is 291. The SMILES string of the molecule is BrCCCc1cccc2c1CCC2. The zero-order valence-corrected chi connectivity index (χ0v) is 9.44. The van der Waals surface area contributed by atoms with Crippen LogP contribution in [0.5, 0.6) is 0 Å². The van der Waals surface area contributed by atoms with Crippen LogP contribution in [0.25, 0.3) is 0 Å². The molecule has 0 saturated carbocycles. The van der Waals surface area contributed by atoms with E-state index in [1.807, 2.05) is 0 Å². The molecule has 0 heterocycles. The van der Waals surface area contributed by atoms with Gasteiger partial charge in [0, 0.05) is 5.33 Å². The third-order valence-corrected chi connectivity index (χ3v) is 3.38. The molecule has 0 amide bonds. The largest absolute Gasteiger partial charge is 0.0928 e. The number of benzene rings is 1. The lowest BCUT2D eigenvalue weighted by atomic mass is 10.00.